The third kappa shape index (κ3) is 57.0. The Morgan fingerprint density at radius 3 is 1.94 bits per heavy atom. The van der Waals surface area contributed by atoms with Crippen LogP contribution in [0.5, 0.6) is 0 Å². The van der Waals surface area contributed by atoms with Crippen molar-refractivity contribution < 1.29 is 14.6 Å². The molecule has 0 aliphatic carbocycles. The van der Waals surface area contributed by atoms with Crippen LogP contribution in [-0.4, -0.2) is 24.3 Å². The summed E-state index contributed by atoms with van der Waals surface area (Å²) in [4.78, 5) is 10.8. The Morgan fingerprint density at radius 2 is 1.56 bits per heavy atom. The summed E-state index contributed by atoms with van der Waals surface area (Å²) in [6, 6.07) is 0. The smallest absolute Gasteiger partial charge is 0.303 e. The van der Waals surface area contributed by atoms with Crippen LogP contribution in [0.3, 0.4) is 0 Å². The average Bonchev–Trinajstić information content (AvgIpc) is 2.05. The molecule has 0 aromatic rings. The summed E-state index contributed by atoms with van der Waals surface area (Å²) in [5, 5.41) is 8.38. The van der Waals surface area contributed by atoms with Crippen LogP contribution in [0.4, 0.5) is 0 Å². The van der Waals surface area contributed by atoms with Crippen molar-refractivity contribution in [1.29, 1.82) is 0 Å². The molecule has 0 heterocycles. The summed E-state index contributed by atoms with van der Waals surface area (Å²) in [5.41, 5.74) is 0. The Kier molecular flexibility index (Phi) is 166. The van der Waals surface area contributed by atoms with Crippen LogP contribution >= 0.6 is 0 Å². The molecule has 0 aromatic carbocycles. The van der Waals surface area contributed by atoms with Gasteiger partial charge in [-0.05, 0) is 13.0 Å². The number of rotatable bonds is 7. The molecule has 84 valence electrons. The molecule has 0 aliphatic rings. The molecule has 0 amide bonds. The van der Waals surface area contributed by atoms with Crippen LogP contribution < -0.4 is 0 Å². The first-order chi connectivity index (χ1) is 5.81. The monoisotopic (exact) mass is 1770 g/mol. The van der Waals surface area contributed by atoms with Gasteiger partial charge in [0.1, 0.15) is 0 Å². The zero-order valence-electron chi connectivity index (χ0n) is 11.7. The zero-order chi connectivity index (χ0) is 9.23. The minimum atomic E-state index is -0.155. The molecule has 0 saturated carbocycles. The maximum absolute atomic E-state index is 10.8. The topological polar surface area (TPSA) is 46.5 Å². The van der Waals surface area contributed by atoms with Crippen LogP contribution in [0.2, 0.25) is 0 Å². The quantitative estimate of drug-likeness (QED) is 0.237. The van der Waals surface area contributed by atoms with E-state index < -0.39 is 0 Å². The van der Waals surface area contributed by atoms with Gasteiger partial charge in [0.05, 0.1) is 0 Å². The van der Waals surface area contributed by atoms with Crippen molar-refractivity contribution in [1.82, 2.24) is 0 Å². The predicted octanol–water partition coefficient (Wildman–Crippen LogP) is 1.12. The van der Waals surface area contributed by atoms with E-state index in [-0.39, 0.29) is 12.6 Å². The number of hydrogen-bond acceptors (Lipinski definition) is 3. The largest absolute Gasteiger partial charge is 0.499 e. The van der Waals surface area contributed by atoms with Crippen molar-refractivity contribution in [3.63, 3.8) is 0 Å². The number of esters is 1. The summed E-state index contributed by atoms with van der Waals surface area (Å²) in [7, 11) is 0. The Hall–Kier alpha value is -6.57. The fraction of sp³-hybridized carbons (Fsp3) is 0.667. The second-order valence-corrected chi connectivity index (χ2v) is 2.43. The molecule has 0 rings (SSSR count). The van der Waals surface area contributed by atoms with Gasteiger partial charge in [-0.25, -0.2) is 0 Å². The summed E-state index contributed by atoms with van der Waals surface area (Å²) in [5.74, 6) is -0.155. The van der Waals surface area contributed by atoms with Crippen LogP contribution in [0.1, 0.15) is 26.2 Å². The van der Waals surface area contributed by atoms with Crippen molar-refractivity contribution in [3.05, 3.63) is 12.8 Å². The standard InChI is InChI=1S/C9H16O3.6Rf/c1-2-6-9(11)12-8-5-3-4-7-10;;;;;;/h4-5,10H,2-3,6-8H2,1H3;;;;;;/q-2;;;;;;. The fourth-order valence-corrected chi connectivity index (χ4v) is 0.689. The van der Waals surface area contributed by atoms with Gasteiger partial charge in [-0.2, -0.15) is 0 Å². The van der Waals surface area contributed by atoms with Gasteiger partial charge in [-0.15, -0.1) is 0 Å². The molecule has 0 spiro atoms. The maximum Gasteiger partial charge on any atom is 0.303 e. The van der Waals surface area contributed by atoms with Crippen LogP contribution in [0.15, 0.2) is 0 Å². The third-order valence-corrected chi connectivity index (χ3v) is 1.28. The van der Waals surface area contributed by atoms with Crippen LogP contribution in [0, 0.1) is 12.8 Å². The van der Waals surface area contributed by atoms with Crippen molar-refractivity contribution >= 4 is 5.97 Å². The van der Waals surface area contributed by atoms with Gasteiger partial charge < -0.3 is 29.1 Å². The molecule has 3 nitrogen and oxygen atoms in total. The van der Waals surface area contributed by atoms with Crippen molar-refractivity contribution in [2.45, 2.75) is 26.2 Å². The number of carbonyl (C=O) groups is 1. The number of aliphatic hydroxyl groups is 1. The van der Waals surface area contributed by atoms with E-state index >= 15 is 0 Å². The van der Waals surface area contributed by atoms with Crippen LogP contribution in [0.25, 0.3) is 0 Å². The minimum Gasteiger partial charge on any atom is -0.499 e. The second-order valence-electron chi connectivity index (χ2n) is 2.43. The third-order valence-electron chi connectivity index (χ3n) is 1.28. The first-order valence-corrected chi connectivity index (χ1v) is 4.21. The molecule has 0 bridgehead atoms. The molecule has 0 saturated heterocycles. The molecule has 0 aliphatic heterocycles. The Balaban J connectivity index is -0.0000000403. The van der Waals surface area contributed by atoms with Gasteiger partial charge in [0.15, 0.2) is 0 Å². The molecule has 0 atom stereocenters. The van der Waals surface area contributed by atoms with E-state index in [4.69, 9.17) is 9.84 Å². The van der Waals surface area contributed by atoms with Gasteiger partial charge in [-0.1, -0.05) is 13.5 Å². The van der Waals surface area contributed by atoms with Gasteiger partial charge in [0.25, 0.3) is 0 Å². The van der Waals surface area contributed by atoms with Crippen molar-refractivity contribution in [2.24, 2.45) is 0 Å². The fourth-order valence-electron chi connectivity index (χ4n) is 0.689. The van der Waals surface area contributed by atoms with Gasteiger partial charge >= 0.3 is 5.97 Å². The Labute approximate surface area is 73.7 Å². The van der Waals surface area contributed by atoms with E-state index in [0.29, 0.717) is 19.4 Å². The van der Waals surface area contributed by atoms with Gasteiger partial charge in [0.2, 0.25) is 0 Å². The molecule has 0 aromatic heterocycles. The molecule has 0 unspecified atom stereocenters. The normalized spacial score (nSPS) is 6.56. The summed E-state index contributed by atoms with van der Waals surface area (Å²) in [6.07, 6.45) is 5.49. The molecular weight excluding hydrogens is 1760 g/mol. The van der Waals surface area contributed by atoms with E-state index in [0.717, 1.165) is 6.42 Å². The molecule has 0 fully saturated rings. The van der Waals surface area contributed by atoms with Crippen molar-refractivity contribution in [2.75, 3.05) is 13.2 Å². The van der Waals surface area contributed by atoms with Gasteiger partial charge in [-0.3, -0.25) is 4.79 Å². The summed E-state index contributed by atoms with van der Waals surface area (Å²) < 4.78 is 4.83. The number of ether oxygens (including phenoxy) is 1. The number of aliphatic hydroxyl groups excluding tert-OH is 1. The Bertz CT molecular complexity index is 129. The molecule has 0 radical (unpaired) electrons. The predicted molar refractivity (Wildman–Crippen MR) is 46.2 cm³/mol. The average molecular weight is 1770 g/mol. The first-order valence-electron chi connectivity index (χ1n) is 4.21. The van der Waals surface area contributed by atoms with E-state index in [2.05, 4.69) is 0 Å². The SMILES string of the molecule is CCCC(=O)OC[CH-]C[CH-]CO.[Rf].[Rf].[Rf].[Rf].[Rf].[Rf]. The van der Waals surface area contributed by atoms with Crippen LogP contribution in [-0.2, 0) is 9.53 Å². The number of hydrogen-bond donors (Lipinski definition) is 1. The van der Waals surface area contributed by atoms with E-state index in [9.17, 15) is 4.79 Å². The summed E-state index contributed by atoms with van der Waals surface area (Å²) in [6.45, 7) is 2.35. The van der Waals surface area contributed by atoms with E-state index in [1.165, 1.54) is 0 Å². The zero-order valence-corrected chi connectivity index (χ0v) is 50.1. The number of carbonyl (C=O) groups excluding carboxylic acids is 1. The van der Waals surface area contributed by atoms with E-state index in [1.54, 1.807) is 6.42 Å². The first kappa shape index (κ1) is 63.4. The summed E-state index contributed by atoms with van der Waals surface area (Å²) >= 11 is 0. The second kappa shape index (κ2) is 47.3. The van der Waals surface area contributed by atoms with E-state index in [1.807, 2.05) is 13.3 Å². The molecule has 18 heavy (non-hydrogen) atoms. The molecule has 9 heteroatoms. The molecular formula is C9H16O3Rf6-2. The maximum atomic E-state index is 10.8. The minimum absolute atomic E-state index is 0. The van der Waals surface area contributed by atoms with Gasteiger partial charge in [0, 0.05) is 6.42 Å². The number of unbranched alkanes of at least 4 members (excludes halogenated alkanes) is 2. The van der Waals surface area contributed by atoms with Crippen molar-refractivity contribution in [3.8, 4) is 0 Å². The molecule has 1 N–H and O–H groups in total. The Morgan fingerprint density at radius 1 is 1.06 bits per heavy atom.